The SMILES string of the molecule is COCN(C)C1CCC(C)(C(C)C)CC1. The van der Waals surface area contributed by atoms with Crippen molar-refractivity contribution in [1.29, 1.82) is 0 Å². The van der Waals surface area contributed by atoms with Crippen LogP contribution in [0.15, 0.2) is 0 Å². The minimum atomic E-state index is 0.574. The molecule has 1 fully saturated rings. The summed E-state index contributed by atoms with van der Waals surface area (Å²) in [6, 6.07) is 0.733. The van der Waals surface area contributed by atoms with Gasteiger partial charge in [-0.3, -0.25) is 4.90 Å². The summed E-state index contributed by atoms with van der Waals surface area (Å²) in [5.41, 5.74) is 0.574. The molecule has 1 rings (SSSR count). The second-order valence-electron chi connectivity index (χ2n) is 5.71. The lowest BCUT2D eigenvalue weighted by atomic mass is 9.67. The van der Waals surface area contributed by atoms with E-state index in [-0.39, 0.29) is 0 Å². The highest BCUT2D eigenvalue weighted by molar-refractivity contribution is 4.87. The molecule has 0 heterocycles. The Morgan fingerprint density at radius 1 is 1.33 bits per heavy atom. The van der Waals surface area contributed by atoms with Crippen LogP contribution >= 0.6 is 0 Å². The van der Waals surface area contributed by atoms with E-state index in [9.17, 15) is 0 Å². The summed E-state index contributed by atoms with van der Waals surface area (Å²) in [5, 5.41) is 0. The Morgan fingerprint density at radius 3 is 2.27 bits per heavy atom. The summed E-state index contributed by atoms with van der Waals surface area (Å²) in [7, 11) is 3.95. The minimum Gasteiger partial charge on any atom is -0.369 e. The Bertz CT molecular complexity index is 183. The molecule has 0 saturated heterocycles. The summed E-state index contributed by atoms with van der Waals surface area (Å²) in [6.45, 7) is 7.94. The van der Waals surface area contributed by atoms with E-state index in [0.717, 1.165) is 18.7 Å². The zero-order valence-electron chi connectivity index (χ0n) is 11.0. The van der Waals surface area contributed by atoms with Gasteiger partial charge in [-0.2, -0.15) is 0 Å². The first kappa shape index (κ1) is 13.0. The fourth-order valence-electron chi connectivity index (χ4n) is 2.59. The monoisotopic (exact) mass is 213 g/mol. The maximum Gasteiger partial charge on any atom is 0.0986 e. The van der Waals surface area contributed by atoms with Crippen molar-refractivity contribution < 1.29 is 4.74 Å². The highest BCUT2D eigenvalue weighted by Gasteiger charge is 2.34. The fourth-order valence-corrected chi connectivity index (χ4v) is 2.59. The lowest BCUT2D eigenvalue weighted by Gasteiger charge is -2.43. The molecule has 0 radical (unpaired) electrons. The zero-order chi connectivity index (χ0) is 11.5. The lowest BCUT2D eigenvalue weighted by molar-refractivity contribution is 0.0152. The van der Waals surface area contributed by atoms with Crippen molar-refractivity contribution in [2.24, 2.45) is 11.3 Å². The molecular weight excluding hydrogens is 186 g/mol. The fraction of sp³-hybridized carbons (Fsp3) is 1.00. The molecule has 1 saturated carbocycles. The molecule has 0 bridgehead atoms. The van der Waals surface area contributed by atoms with Crippen LogP contribution in [0, 0.1) is 11.3 Å². The van der Waals surface area contributed by atoms with Gasteiger partial charge < -0.3 is 4.74 Å². The van der Waals surface area contributed by atoms with Gasteiger partial charge in [0.15, 0.2) is 0 Å². The molecule has 0 aliphatic heterocycles. The van der Waals surface area contributed by atoms with Gasteiger partial charge in [-0.05, 0) is 44.1 Å². The first-order chi connectivity index (χ1) is 6.99. The third-order valence-corrected chi connectivity index (χ3v) is 4.45. The molecule has 0 aromatic rings. The molecule has 0 spiro atoms. The highest BCUT2D eigenvalue weighted by atomic mass is 16.5. The van der Waals surface area contributed by atoms with Crippen LogP contribution in [-0.4, -0.2) is 31.8 Å². The van der Waals surface area contributed by atoms with Gasteiger partial charge >= 0.3 is 0 Å². The van der Waals surface area contributed by atoms with E-state index in [2.05, 4.69) is 32.7 Å². The standard InChI is InChI=1S/C13H27NO/c1-11(2)13(3)8-6-12(7-9-13)14(4)10-15-5/h11-12H,6-10H2,1-5H3. The third-order valence-electron chi connectivity index (χ3n) is 4.45. The molecule has 0 amide bonds. The Balaban J connectivity index is 2.41. The van der Waals surface area contributed by atoms with Crippen LogP contribution in [0.25, 0.3) is 0 Å². The van der Waals surface area contributed by atoms with E-state index in [1.165, 1.54) is 25.7 Å². The maximum atomic E-state index is 5.18. The van der Waals surface area contributed by atoms with Gasteiger partial charge in [0, 0.05) is 13.2 Å². The average Bonchev–Trinajstić information content (AvgIpc) is 2.19. The quantitative estimate of drug-likeness (QED) is 0.665. The Labute approximate surface area is 95.0 Å². The van der Waals surface area contributed by atoms with Gasteiger partial charge in [-0.25, -0.2) is 0 Å². The lowest BCUT2D eigenvalue weighted by Crippen LogP contribution is -2.40. The van der Waals surface area contributed by atoms with E-state index >= 15 is 0 Å². The van der Waals surface area contributed by atoms with Crippen molar-refractivity contribution in [3.05, 3.63) is 0 Å². The van der Waals surface area contributed by atoms with Gasteiger partial charge in [-0.1, -0.05) is 20.8 Å². The van der Waals surface area contributed by atoms with Crippen molar-refractivity contribution in [3.8, 4) is 0 Å². The number of methoxy groups -OCH3 is 1. The number of hydrogen-bond donors (Lipinski definition) is 0. The van der Waals surface area contributed by atoms with E-state index in [4.69, 9.17) is 4.74 Å². The second-order valence-corrected chi connectivity index (χ2v) is 5.71. The van der Waals surface area contributed by atoms with E-state index < -0.39 is 0 Å². The van der Waals surface area contributed by atoms with Gasteiger partial charge in [-0.15, -0.1) is 0 Å². The van der Waals surface area contributed by atoms with Crippen molar-refractivity contribution in [1.82, 2.24) is 4.90 Å². The van der Waals surface area contributed by atoms with Crippen LogP contribution in [0.2, 0.25) is 0 Å². The molecule has 0 aromatic heterocycles. The smallest absolute Gasteiger partial charge is 0.0986 e. The van der Waals surface area contributed by atoms with Crippen LogP contribution in [0.5, 0.6) is 0 Å². The molecule has 0 atom stereocenters. The molecule has 1 aliphatic rings. The number of rotatable bonds is 4. The van der Waals surface area contributed by atoms with E-state index in [0.29, 0.717) is 5.41 Å². The first-order valence-corrected chi connectivity index (χ1v) is 6.19. The average molecular weight is 213 g/mol. The predicted octanol–water partition coefficient (Wildman–Crippen LogP) is 3.13. The summed E-state index contributed by atoms with van der Waals surface area (Å²) < 4.78 is 5.18. The normalized spacial score (nSPS) is 32.6. The topological polar surface area (TPSA) is 12.5 Å². The van der Waals surface area contributed by atoms with Crippen LogP contribution in [0.4, 0.5) is 0 Å². The Kier molecular flexibility index (Phi) is 4.60. The second kappa shape index (κ2) is 5.31. The number of nitrogens with zero attached hydrogens (tertiary/aromatic N) is 1. The Morgan fingerprint density at radius 2 is 1.87 bits per heavy atom. The first-order valence-electron chi connectivity index (χ1n) is 6.19. The largest absolute Gasteiger partial charge is 0.369 e. The molecule has 0 N–H and O–H groups in total. The van der Waals surface area contributed by atoms with Gasteiger partial charge in [0.2, 0.25) is 0 Å². The summed E-state index contributed by atoms with van der Waals surface area (Å²) in [4.78, 5) is 2.35. The summed E-state index contributed by atoms with van der Waals surface area (Å²) in [6.07, 6.45) is 5.38. The minimum absolute atomic E-state index is 0.574. The molecule has 2 heteroatoms. The van der Waals surface area contributed by atoms with Crippen LogP contribution in [-0.2, 0) is 4.74 Å². The molecule has 0 aromatic carbocycles. The molecule has 0 unspecified atom stereocenters. The van der Waals surface area contributed by atoms with Crippen molar-refractivity contribution in [2.45, 2.75) is 52.5 Å². The summed E-state index contributed by atoms with van der Waals surface area (Å²) >= 11 is 0. The zero-order valence-corrected chi connectivity index (χ0v) is 11.0. The van der Waals surface area contributed by atoms with Gasteiger partial charge in [0.05, 0.1) is 6.73 Å². The van der Waals surface area contributed by atoms with Gasteiger partial charge in [0.1, 0.15) is 0 Å². The number of hydrogen-bond acceptors (Lipinski definition) is 2. The van der Waals surface area contributed by atoms with Crippen molar-refractivity contribution >= 4 is 0 Å². The maximum absolute atomic E-state index is 5.18. The molecule has 2 nitrogen and oxygen atoms in total. The van der Waals surface area contributed by atoms with Crippen molar-refractivity contribution in [3.63, 3.8) is 0 Å². The third kappa shape index (κ3) is 3.18. The van der Waals surface area contributed by atoms with E-state index in [1.807, 2.05) is 0 Å². The van der Waals surface area contributed by atoms with Crippen molar-refractivity contribution in [2.75, 3.05) is 20.9 Å². The Hall–Kier alpha value is -0.0800. The highest BCUT2D eigenvalue weighted by Crippen LogP contribution is 2.42. The molecule has 1 aliphatic carbocycles. The van der Waals surface area contributed by atoms with Crippen LogP contribution in [0.3, 0.4) is 0 Å². The van der Waals surface area contributed by atoms with E-state index in [1.54, 1.807) is 7.11 Å². The van der Waals surface area contributed by atoms with Crippen LogP contribution in [0.1, 0.15) is 46.5 Å². The van der Waals surface area contributed by atoms with Crippen LogP contribution < -0.4 is 0 Å². The molecular formula is C13H27NO. The molecule has 90 valence electrons. The van der Waals surface area contributed by atoms with Gasteiger partial charge in [0.25, 0.3) is 0 Å². The number of ether oxygens (including phenoxy) is 1. The summed E-state index contributed by atoms with van der Waals surface area (Å²) in [5.74, 6) is 0.811. The predicted molar refractivity (Wildman–Crippen MR) is 64.8 cm³/mol. The molecule has 15 heavy (non-hydrogen) atoms.